The molecule has 0 fully saturated rings. The summed E-state index contributed by atoms with van der Waals surface area (Å²) in [6.45, 7) is 0. The van der Waals surface area contributed by atoms with Crippen LogP contribution in [0.2, 0.25) is 0 Å². The molecule has 1 unspecified atom stereocenters. The molecule has 0 saturated carbocycles. The predicted molar refractivity (Wildman–Crippen MR) is 101 cm³/mol. The molecular formula is C21H17FN4O. The fourth-order valence-corrected chi connectivity index (χ4v) is 3.09. The Morgan fingerprint density at radius 1 is 1.04 bits per heavy atom. The number of nitrogens with one attached hydrogen (secondary N) is 2. The minimum atomic E-state index is -0.551. The Balaban J connectivity index is 1.70. The molecule has 2 aromatic heterocycles. The van der Waals surface area contributed by atoms with Crippen LogP contribution in [0, 0.1) is 5.82 Å². The molecule has 0 aliphatic carbocycles. The van der Waals surface area contributed by atoms with Crippen molar-refractivity contribution >= 4 is 16.9 Å². The highest BCUT2D eigenvalue weighted by Gasteiger charge is 2.22. The second kappa shape index (κ2) is 7.37. The van der Waals surface area contributed by atoms with E-state index in [9.17, 15) is 9.18 Å². The van der Waals surface area contributed by atoms with Crippen molar-refractivity contribution < 1.29 is 9.18 Å². The molecule has 4 rings (SSSR count). The summed E-state index contributed by atoms with van der Waals surface area (Å²) in [6, 6.07) is 19.0. The molecule has 134 valence electrons. The van der Waals surface area contributed by atoms with Crippen molar-refractivity contribution in [3.63, 3.8) is 0 Å². The summed E-state index contributed by atoms with van der Waals surface area (Å²) < 4.78 is 14.0. The number of benzene rings is 2. The predicted octanol–water partition coefficient (Wildman–Crippen LogP) is 3.81. The SMILES string of the molecule is O=C(NC(Cc1ccccc1)c1[nH]nc2ncccc12)c1ccccc1F. The summed E-state index contributed by atoms with van der Waals surface area (Å²) >= 11 is 0. The van der Waals surface area contributed by atoms with Gasteiger partial charge in [0.15, 0.2) is 5.65 Å². The number of hydrogen-bond acceptors (Lipinski definition) is 3. The number of carbonyl (C=O) groups is 1. The van der Waals surface area contributed by atoms with Crippen molar-refractivity contribution in [1.82, 2.24) is 20.5 Å². The third-order valence-electron chi connectivity index (χ3n) is 4.41. The van der Waals surface area contributed by atoms with Crippen molar-refractivity contribution in [3.05, 3.63) is 95.6 Å². The fraction of sp³-hybridized carbons (Fsp3) is 0.0952. The summed E-state index contributed by atoms with van der Waals surface area (Å²) in [5.74, 6) is -1.02. The van der Waals surface area contributed by atoms with E-state index in [0.29, 0.717) is 12.1 Å². The molecule has 5 nitrogen and oxygen atoms in total. The van der Waals surface area contributed by atoms with Gasteiger partial charge < -0.3 is 5.32 Å². The van der Waals surface area contributed by atoms with Gasteiger partial charge in [-0.3, -0.25) is 9.89 Å². The van der Waals surface area contributed by atoms with E-state index in [1.807, 2.05) is 42.5 Å². The molecule has 6 heteroatoms. The van der Waals surface area contributed by atoms with E-state index < -0.39 is 17.8 Å². The molecular weight excluding hydrogens is 343 g/mol. The van der Waals surface area contributed by atoms with E-state index >= 15 is 0 Å². The number of halogens is 1. The van der Waals surface area contributed by atoms with Gasteiger partial charge in [0.05, 0.1) is 17.3 Å². The summed E-state index contributed by atoms with van der Waals surface area (Å²) in [5, 5.41) is 11.0. The number of amides is 1. The van der Waals surface area contributed by atoms with Crippen LogP contribution >= 0.6 is 0 Å². The molecule has 0 bridgehead atoms. The quantitative estimate of drug-likeness (QED) is 0.568. The largest absolute Gasteiger partial charge is 0.343 e. The third-order valence-corrected chi connectivity index (χ3v) is 4.41. The number of carbonyl (C=O) groups excluding carboxylic acids is 1. The van der Waals surface area contributed by atoms with Crippen LogP contribution < -0.4 is 5.32 Å². The zero-order valence-electron chi connectivity index (χ0n) is 14.4. The van der Waals surface area contributed by atoms with Crippen molar-refractivity contribution in [2.45, 2.75) is 12.5 Å². The van der Waals surface area contributed by atoms with Crippen LogP contribution in [0.25, 0.3) is 11.0 Å². The van der Waals surface area contributed by atoms with Gasteiger partial charge in [0, 0.05) is 11.6 Å². The molecule has 4 aromatic rings. The molecule has 0 radical (unpaired) electrons. The van der Waals surface area contributed by atoms with Crippen LogP contribution in [0.3, 0.4) is 0 Å². The highest BCUT2D eigenvalue weighted by molar-refractivity contribution is 5.95. The maximum absolute atomic E-state index is 14.0. The summed E-state index contributed by atoms with van der Waals surface area (Å²) in [6.07, 6.45) is 2.20. The first-order chi connectivity index (χ1) is 13.2. The number of pyridine rings is 1. The summed E-state index contributed by atoms with van der Waals surface area (Å²) in [5.41, 5.74) is 2.37. The van der Waals surface area contributed by atoms with Gasteiger partial charge in [-0.25, -0.2) is 9.37 Å². The Morgan fingerprint density at radius 3 is 2.63 bits per heavy atom. The van der Waals surface area contributed by atoms with Crippen LogP contribution in [0.5, 0.6) is 0 Å². The monoisotopic (exact) mass is 360 g/mol. The lowest BCUT2D eigenvalue weighted by Gasteiger charge is -2.18. The first-order valence-corrected chi connectivity index (χ1v) is 8.60. The topological polar surface area (TPSA) is 70.7 Å². The van der Waals surface area contributed by atoms with E-state index in [0.717, 1.165) is 16.6 Å². The Bertz CT molecular complexity index is 1080. The van der Waals surface area contributed by atoms with Crippen LogP contribution in [0.15, 0.2) is 72.9 Å². The van der Waals surface area contributed by atoms with E-state index in [1.54, 1.807) is 18.3 Å². The van der Waals surface area contributed by atoms with Gasteiger partial charge in [0.25, 0.3) is 5.91 Å². The number of nitrogens with zero attached hydrogens (tertiary/aromatic N) is 2. The zero-order chi connectivity index (χ0) is 18.6. The first kappa shape index (κ1) is 16.9. The molecule has 0 saturated heterocycles. The lowest BCUT2D eigenvalue weighted by molar-refractivity contribution is 0.0932. The molecule has 2 N–H and O–H groups in total. The molecule has 2 heterocycles. The van der Waals surface area contributed by atoms with Gasteiger partial charge in [-0.2, -0.15) is 5.10 Å². The minimum absolute atomic E-state index is 0.0116. The van der Waals surface area contributed by atoms with Crippen molar-refractivity contribution in [3.8, 4) is 0 Å². The van der Waals surface area contributed by atoms with Crippen LogP contribution in [-0.2, 0) is 6.42 Å². The van der Waals surface area contributed by atoms with E-state index in [1.165, 1.54) is 12.1 Å². The average Bonchev–Trinajstić information content (AvgIpc) is 3.13. The highest BCUT2D eigenvalue weighted by atomic mass is 19.1. The van der Waals surface area contributed by atoms with Crippen LogP contribution in [-0.4, -0.2) is 21.1 Å². The van der Waals surface area contributed by atoms with Crippen LogP contribution in [0.4, 0.5) is 4.39 Å². The molecule has 1 atom stereocenters. The first-order valence-electron chi connectivity index (χ1n) is 8.60. The second-order valence-electron chi connectivity index (χ2n) is 6.21. The van der Waals surface area contributed by atoms with Gasteiger partial charge in [0.1, 0.15) is 5.82 Å². The fourth-order valence-electron chi connectivity index (χ4n) is 3.09. The minimum Gasteiger partial charge on any atom is -0.343 e. The summed E-state index contributed by atoms with van der Waals surface area (Å²) in [4.78, 5) is 16.9. The molecule has 0 aliphatic heterocycles. The average molecular weight is 360 g/mol. The normalized spacial score (nSPS) is 12.0. The number of aromatic amines is 1. The number of rotatable bonds is 5. The van der Waals surface area contributed by atoms with Gasteiger partial charge in [-0.1, -0.05) is 42.5 Å². The molecule has 0 aliphatic rings. The van der Waals surface area contributed by atoms with Crippen LogP contribution in [0.1, 0.15) is 27.7 Å². The van der Waals surface area contributed by atoms with Gasteiger partial charge in [0.2, 0.25) is 0 Å². The van der Waals surface area contributed by atoms with Crippen molar-refractivity contribution in [2.75, 3.05) is 0 Å². The maximum Gasteiger partial charge on any atom is 0.254 e. The molecule has 0 spiro atoms. The third kappa shape index (κ3) is 3.55. The number of hydrogen-bond donors (Lipinski definition) is 2. The van der Waals surface area contributed by atoms with E-state index in [-0.39, 0.29) is 5.56 Å². The molecule has 27 heavy (non-hydrogen) atoms. The Morgan fingerprint density at radius 2 is 1.81 bits per heavy atom. The van der Waals surface area contributed by atoms with E-state index in [4.69, 9.17) is 0 Å². The lowest BCUT2D eigenvalue weighted by atomic mass is 10.0. The Kier molecular flexibility index (Phi) is 4.61. The number of fused-ring (bicyclic) bond motifs is 1. The van der Waals surface area contributed by atoms with E-state index in [2.05, 4.69) is 20.5 Å². The number of aromatic nitrogens is 3. The van der Waals surface area contributed by atoms with Crippen molar-refractivity contribution in [1.29, 1.82) is 0 Å². The number of H-pyrrole nitrogens is 1. The zero-order valence-corrected chi connectivity index (χ0v) is 14.4. The Hall–Kier alpha value is -3.54. The Labute approximate surface area is 155 Å². The van der Waals surface area contributed by atoms with Gasteiger partial charge in [-0.15, -0.1) is 0 Å². The maximum atomic E-state index is 14.0. The summed E-state index contributed by atoms with van der Waals surface area (Å²) in [7, 11) is 0. The van der Waals surface area contributed by atoms with Crippen molar-refractivity contribution in [2.24, 2.45) is 0 Å². The molecule has 2 aromatic carbocycles. The lowest BCUT2D eigenvalue weighted by Crippen LogP contribution is -2.31. The smallest absolute Gasteiger partial charge is 0.254 e. The highest BCUT2D eigenvalue weighted by Crippen LogP contribution is 2.24. The van der Waals surface area contributed by atoms with Gasteiger partial charge >= 0.3 is 0 Å². The standard InChI is InChI=1S/C21H17FN4O/c22-17-11-5-4-9-15(17)21(27)24-18(13-14-7-2-1-3-8-14)19-16-10-6-12-23-20(16)26-25-19/h1-12,18H,13H2,(H,24,27)(H,23,25,26). The van der Waals surface area contributed by atoms with Gasteiger partial charge in [-0.05, 0) is 36.2 Å². The second-order valence-corrected chi connectivity index (χ2v) is 6.21. The molecule has 1 amide bonds.